The van der Waals surface area contributed by atoms with Gasteiger partial charge >= 0.3 is 6.09 Å². The minimum absolute atomic E-state index is 0.183. The standard InChI is InChI=1S/C21H26N4O3/c1-4-28-21(27)25-10-8-24(9-11-25)18-12-17(13-22-14-18)20(26)23-19-15(2)6-5-7-16(19)3/h5-7,12-14H,4,8-11H2,1-3H3,(H,23,26). The number of ether oxygens (including phenoxy) is 1. The topological polar surface area (TPSA) is 74.8 Å². The largest absolute Gasteiger partial charge is 0.450 e. The number of carbonyl (C=O) groups is 2. The minimum Gasteiger partial charge on any atom is -0.450 e. The Labute approximate surface area is 165 Å². The second-order valence-electron chi connectivity index (χ2n) is 6.83. The fraction of sp³-hybridized carbons (Fsp3) is 0.381. The molecule has 1 N–H and O–H groups in total. The fourth-order valence-electron chi connectivity index (χ4n) is 3.28. The van der Waals surface area contributed by atoms with Crippen LogP contribution in [-0.2, 0) is 4.74 Å². The highest BCUT2D eigenvalue weighted by molar-refractivity contribution is 6.05. The third-order valence-electron chi connectivity index (χ3n) is 4.88. The first-order valence-electron chi connectivity index (χ1n) is 9.49. The summed E-state index contributed by atoms with van der Waals surface area (Å²) in [5, 5.41) is 2.99. The molecule has 1 aromatic carbocycles. The lowest BCUT2D eigenvalue weighted by molar-refractivity contribution is 0.102. The summed E-state index contributed by atoms with van der Waals surface area (Å²) in [5.41, 5.74) is 4.26. The molecule has 3 rings (SSSR count). The van der Waals surface area contributed by atoms with Crippen molar-refractivity contribution in [3.63, 3.8) is 0 Å². The molecule has 1 saturated heterocycles. The van der Waals surface area contributed by atoms with Crippen LogP contribution in [0.4, 0.5) is 16.2 Å². The van der Waals surface area contributed by atoms with Gasteiger partial charge in [0.15, 0.2) is 0 Å². The number of amides is 2. The van der Waals surface area contributed by atoms with E-state index in [0.29, 0.717) is 38.3 Å². The Morgan fingerprint density at radius 2 is 1.79 bits per heavy atom. The molecule has 7 nitrogen and oxygen atoms in total. The van der Waals surface area contributed by atoms with E-state index in [9.17, 15) is 9.59 Å². The summed E-state index contributed by atoms with van der Waals surface area (Å²) in [5.74, 6) is -0.183. The van der Waals surface area contributed by atoms with Crippen LogP contribution in [0.5, 0.6) is 0 Å². The molecule has 2 heterocycles. The number of nitrogens with zero attached hydrogens (tertiary/aromatic N) is 3. The van der Waals surface area contributed by atoms with Gasteiger partial charge in [-0.15, -0.1) is 0 Å². The summed E-state index contributed by atoms with van der Waals surface area (Å²) in [4.78, 5) is 32.6. The molecule has 0 saturated carbocycles. The molecule has 28 heavy (non-hydrogen) atoms. The zero-order chi connectivity index (χ0) is 20.1. The van der Waals surface area contributed by atoms with Crippen molar-refractivity contribution in [2.24, 2.45) is 0 Å². The monoisotopic (exact) mass is 382 g/mol. The van der Waals surface area contributed by atoms with E-state index < -0.39 is 0 Å². The Hall–Kier alpha value is -3.09. The van der Waals surface area contributed by atoms with Crippen LogP contribution in [0, 0.1) is 13.8 Å². The number of carbonyl (C=O) groups excluding carboxylic acids is 2. The Morgan fingerprint density at radius 1 is 1.11 bits per heavy atom. The Morgan fingerprint density at radius 3 is 2.43 bits per heavy atom. The first-order chi connectivity index (χ1) is 13.5. The van der Waals surface area contributed by atoms with Crippen LogP contribution < -0.4 is 10.2 Å². The zero-order valence-corrected chi connectivity index (χ0v) is 16.6. The number of benzene rings is 1. The molecule has 1 aromatic heterocycles. The molecule has 0 radical (unpaired) electrons. The molecule has 1 aliphatic heterocycles. The number of anilines is 2. The summed E-state index contributed by atoms with van der Waals surface area (Å²) < 4.78 is 5.05. The van der Waals surface area contributed by atoms with Crippen molar-refractivity contribution < 1.29 is 14.3 Å². The van der Waals surface area contributed by atoms with E-state index in [1.165, 1.54) is 0 Å². The molecular formula is C21H26N4O3. The lowest BCUT2D eigenvalue weighted by Crippen LogP contribution is -2.49. The number of aryl methyl sites for hydroxylation is 2. The van der Waals surface area contributed by atoms with E-state index in [4.69, 9.17) is 4.74 Å². The first-order valence-corrected chi connectivity index (χ1v) is 9.49. The van der Waals surface area contributed by atoms with Crippen molar-refractivity contribution >= 4 is 23.4 Å². The number of piperazine rings is 1. The predicted molar refractivity (Wildman–Crippen MR) is 109 cm³/mol. The van der Waals surface area contributed by atoms with Crippen molar-refractivity contribution in [1.29, 1.82) is 0 Å². The third kappa shape index (κ3) is 4.42. The average Bonchev–Trinajstić information content (AvgIpc) is 2.71. The zero-order valence-electron chi connectivity index (χ0n) is 16.6. The number of para-hydroxylation sites is 1. The fourth-order valence-corrected chi connectivity index (χ4v) is 3.28. The summed E-state index contributed by atoms with van der Waals surface area (Å²) in [7, 11) is 0. The maximum absolute atomic E-state index is 12.7. The molecule has 0 bridgehead atoms. The molecule has 2 aromatic rings. The van der Waals surface area contributed by atoms with Crippen LogP contribution in [0.3, 0.4) is 0 Å². The van der Waals surface area contributed by atoms with Gasteiger partial charge in [-0.3, -0.25) is 9.78 Å². The van der Waals surface area contributed by atoms with Crippen LogP contribution in [0.25, 0.3) is 0 Å². The van der Waals surface area contributed by atoms with Crippen molar-refractivity contribution in [3.05, 3.63) is 53.3 Å². The van der Waals surface area contributed by atoms with E-state index in [1.54, 1.807) is 24.2 Å². The van der Waals surface area contributed by atoms with E-state index in [-0.39, 0.29) is 12.0 Å². The summed E-state index contributed by atoms with van der Waals surface area (Å²) >= 11 is 0. The summed E-state index contributed by atoms with van der Waals surface area (Å²) in [6.07, 6.45) is 3.04. The highest BCUT2D eigenvalue weighted by Crippen LogP contribution is 2.22. The molecular weight excluding hydrogens is 356 g/mol. The SMILES string of the molecule is CCOC(=O)N1CCN(c2cncc(C(=O)Nc3c(C)cccc3C)c2)CC1. The smallest absolute Gasteiger partial charge is 0.409 e. The van der Waals surface area contributed by atoms with Crippen molar-refractivity contribution in [1.82, 2.24) is 9.88 Å². The van der Waals surface area contributed by atoms with Crippen LogP contribution in [0.15, 0.2) is 36.7 Å². The molecule has 1 aliphatic rings. The third-order valence-corrected chi connectivity index (χ3v) is 4.88. The van der Waals surface area contributed by atoms with Crippen molar-refractivity contribution in [2.75, 3.05) is 43.0 Å². The van der Waals surface area contributed by atoms with E-state index >= 15 is 0 Å². The molecule has 0 spiro atoms. The van der Waals surface area contributed by atoms with Crippen LogP contribution in [-0.4, -0.2) is 54.7 Å². The second kappa shape index (κ2) is 8.73. The quantitative estimate of drug-likeness (QED) is 0.879. The maximum atomic E-state index is 12.7. The van der Waals surface area contributed by atoms with Crippen LogP contribution >= 0.6 is 0 Å². The number of hydrogen-bond acceptors (Lipinski definition) is 5. The van der Waals surface area contributed by atoms with Gasteiger partial charge in [0.05, 0.1) is 24.1 Å². The number of pyridine rings is 1. The molecule has 148 valence electrons. The highest BCUT2D eigenvalue weighted by atomic mass is 16.6. The van der Waals surface area contributed by atoms with Gasteiger partial charge in [0.2, 0.25) is 0 Å². The maximum Gasteiger partial charge on any atom is 0.409 e. The molecule has 0 aliphatic carbocycles. The number of nitrogens with one attached hydrogen (secondary N) is 1. The van der Waals surface area contributed by atoms with Crippen LogP contribution in [0.2, 0.25) is 0 Å². The highest BCUT2D eigenvalue weighted by Gasteiger charge is 2.22. The molecule has 1 fully saturated rings. The Bertz CT molecular complexity index is 840. The predicted octanol–water partition coefficient (Wildman–Crippen LogP) is 3.23. The Balaban J connectivity index is 1.68. The normalized spacial score (nSPS) is 14.0. The van der Waals surface area contributed by atoms with Gasteiger partial charge in [-0.2, -0.15) is 0 Å². The van der Waals surface area contributed by atoms with Gasteiger partial charge in [0, 0.05) is 38.1 Å². The van der Waals surface area contributed by atoms with Gasteiger partial charge in [-0.1, -0.05) is 18.2 Å². The molecule has 0 atom stereocenters. The van der Waals surface area contributed by atoms with Gasteiger partial charge in [0.1, 0.15) is 0 Å². The summed E-state index contributed by atoms with van der Waals surface area (Å²) in [6, 6.07) is 7.76. The van der Waals surface area contributed by atoms with Gasteiger partial charge < -0.3 is 19.9 Å². The lowest BCUT2D eigenvalue weighted by atomic mass is 10.1. The lowest BCUT2D eigenvalue weighted by Gasteiger charge is -2.35. The first kappa shape index (κ1) is 19.7. The van der Waals surface area contributed by atoms with E-state index in [2.05, 4.69) is 15.2 Å². The minimum atomic E-state index is -0.276. The van der Waals surface area contributed by atoms with Crippen LogP contribution in [0.1, 0.15) is 28.4 Å². The molecule has 7 heteroatoms. The van der Waals surface area contributed by atoms with E-state index in [1.807, 2.05) is 38.1 Å². The number of hydrogen-bond donors (Lipinski definition) is 1. The van der Waals surface area contributed by atoms with Gasteiger partial charge in [0.25, 0.3) is 5.91 Å². The van der Waals surface area contributed by atoms with Gasteiger partial charge in [-0.25, -0.2) is 4.79 Å². The van der Waals surface area contributed by atoms with Crippen molar-refractivity contribution in [3.8, 4) is 0 Å². The Kier molecular flexibility index (Phi) is 6.13. The number of rotatable bonds is 4. The van der Waals surface area contributed by atoms with Crippen molar-refractivity contribution in [2.45, 2.75) is 20.8 Å². The molecule has 2 amide bonds. The second-order valence-corrected chi connectivity index (χ2v) is 6.83. The molecule has 0 unspecified atom stereocenters. The van der Waals surface area contributed by atoms with E-state index in [0.717, 1.165) is 22.5 Å². The van der Waals surface area contributed by atoms with Gasteiger partial charge in [-0.05, 0) is 38.0 Å². The number of aromatic nitrogens is 1. The average molecular weight is 382 g/mol. The summed E-state index contributed by atoms with van der Waals surface area (Å²) in [6.45, 7) is 8.62.